The third-order valence-corrected chi connectivity index (χ3v) is 7.72. The quantitative estimate of drug-likeness (QED) is 0.0821. The zero-order valence-corrected chi connectivity index (χ0v) is 23.9. The second kappa shape index (κ2) is 22.5. The lowest BCUT2D eigenvalue weighted by atomic mass is 10.0. The minimum atomic E-state index is -3.64. The number of unbranched alkanes of at least 4 members (excludes halogenated alkanes) is 13. The number of allylic oxidation sites excluding steroid dienone is 2. The highest BCUT2D eigenvalue weighted by Crippen LogP contribution is 2.42. The molecule has 8 nitrogen and oxygen atoms in total. The van der Waals surface area contributed by atoms with Crippen LogP contribution < -0.4 is 11.2 Å². The molecule has 1 atom stereocenters. The first kappa shape index (κ1) is 33.6. The molecule has 0 fully saturated rings. The minimum Gasteiger partial charge on any atom is -0.381 e. The number of rotatable bonds is 25. The number of H-pyrrole nitrogens is 1. The zero-order valence-electron chi connectivity index (χ0n) is 23.0. The summed E-state index contributed by atoms with van der Waals surface area (Å²) in [6.45, 7) is 4.01. The summed E-state index contributed by atoms with van der Waals surface area (Å²) in [6.07, 6.45) is 24.5. The van der Waals surface area contributed by atoms with Crippen molar-refractivity contribution in [1.29, 1.82) is 0 Å². The normalized spacial score (nSPS) is 13.4. The molecule has 0 spiro atoms. The number of ether oxygens (including phenoxy) is 1. The Morgan fingerprint density at radius 3 is 2.00 bits per heavy atom. The van der Waals surface area contributed by atoms with Crippen LogP contribution >= 0.6 is 7.60 Å². The molecule has 214 valence electrons. The van der Waals surface area contributed by atoms with E-state index in [1.165, 1.54) is 100 Å². The van der Waals surface area contributed by atoms with E-state index >= 15 is 0 Å². The van der Waals surface area contributed by atoms with Gasteiger partial charge in [-0.3, -0.25) is 18.9 Å². The first-order valence-corrected chi connectivity index (χ1v) is 16.2. The van der Waals surface area contributed by atoms with Crippen LogP contribution in [-0.2, 0) is 20.4 Å². The van der Waals surface area contributed by atoms with Gasteiger partial charge in [-0.1, -0.05) is 103 Å². The molecule has 2 N–H and O–H groups in total. The Hall–Kier alpha value is -1.47. The topological polar surface area (TPSA) is 111 Å². The maximum atomic E-state index is 12.1. The van der Waals surface area contributed by atoms with Gasteiger partial charge in [0.15, 0.2) is 0 Å². The van der Waals surface area contributed by atoms with Crippen LogP contribution in [0.4, 0.5) is 0 Å². The van der Waals surface area contributed by atoms with E-state index in [1.54, 1.807) is 12.2 Å². The van der Waals surface area contributed by atoms with E-state index in [9.17, 15) is 19.0 Å². The fraction of sp³-hybridized carbons (Fsp3) is 0.786. The molecule has 0 amide bonds. The van der Waals surface area contributed by atoms with Crippen LogP contribution in [0, 0.1) is 0 Å². The van der Waals surface area contributed by atoms with Crippen LogP contribution in [0.15, 0.2) is 34.0 Å². The molecule has 0 aliphatic heterocycles. The molecule has 1 aromatic rings. The molecule has 0 aliphatic carbocycles. The van der Waals surface area contributed by atoms with Crippen LogP contribution in [0.3, 0.4) is 0 Å². The van der Waals surface area contributed by atoms with Crippen molar-refractivity contribution in [3.63, 3.8) is 0 Å². The summed E-state index contributed by atoms with van der Waals surface area (Å²) in [6, 6.07) is 1.27. The smallest absolute Gasteiger partial charge is 0.328 e. The summed E-state index contributed by atoms with van der Waals surface area (Å²) in [5, 5.41) is 0. The van der Waals surface area contributed by atoms with Gasteiger partial charge in [-0.2, -0.15) is 0 Å². The molecule has 1 aromatic heterocycles. The third-order valence-electron chi connectivity index (χ3n) is 6.31. The molecule has 1 rings (SSSR count). The number of nitrogens with zero attached hydrogens (tertiary/aromatic N) is 1. The zero-order chi connectivity index (χ0) is 27.0. The molecule has 1 unspecified atom stereocenters. The molecule has 0 saturated heterocycles. The van der Waals surface area contributed by atoms with E-state index in [0.717, 1.165) is 13.0 Å². The Kier molecular flexibility index (Phi) is 20.4. The molecule has 0 aromatic carbocycles. The van der Waals surface area contributed by atoms with Crippen molar-refractivity contribution in [3.8, 4) is 0 Å². The van der Waals surface area contributed by atoms with E-state index in [4.69, 9.17) is 9.26 Å². The van der Waals surface area contributed by atoms with Gasteiger partial charge < -0.3 is 14.2 Å². The SMILES string of the molecule is CCCCCCCCCCCCCCCCOCCCOP(=O)(O)CC/C=C\Cn1ccc(=O)[nH]c1=O. The molecular weight excluding hydrogens is 491 g/mol. The van der Waals surface area contributed by atoms with Crippen LogP contribution in [0.25, 0.3) is 0 Å². The van der Waals surface area contributed by atoms with Gasteiger partial charge in [0, 0.05) is 32.0 Å². The van der Waals surface area contributed by atoms with Crippen molar-refractivity contribution in [2.24, 2.45) is 0 Å². The van der Waals surface area contributed by atoms with Crippen molar-refractivity contribution in [1.82, 2.24) is 9.55 Å². The van der Waals surface area contributed by atoms with Crippen molar-refractivity contribution < 1.29 is 18.7 Å². The van der Waals surface area contributed by atoms with Gasteiger partial charge in [-0.15, -0.1) is 0 Å². The van der Waals surface area contributed by atoms with Gasteiger partial charge in [0.1, 0.15) is 0 Å². The second-order valence-corrected chi connectivity index (χ2v) is 11.8. The van der Waals surface area contributed by atoms with Crippen molar-refractivity contribution in [2.45, 2.75) is 116 Å². The van der Waals surface area contributed by atoms with Gasteiger partial charge in [-0.25, -0.2) is 4.79 Å². The lowest BCUT2D eigenvalue weighted by Crippen LogP contribution is -2.28. The maximum absolute atomic E-state index is 12.1. The largest absolute Gasteiger partial charge is 0.381 e. The number of hydrogen-bond acceptors (Lipinski definition) is 5. The fourth-order valence-electron chi connectivity index (χ4n) is 4.07. The van der Waals surface area contributed by atoms with Crippen LogP contribution in [0.2, 0.25) is 0 Å². The van der Waals surface area contributed by atoms with E-state index in [2.05, 4.69) is 11.9 Å². The van der Waals surface area contributed by atoms with Gasteiger partial charge >= 0.3 is 13.3 Å². The predicted molar refractivity (Wildman–Crippen MR) is 151 cm³/mol. The molecule has 0 saturated carbocycles. The molecule has 9 heteroatoms. The Balaban J connectivity index is 1.87. The molecule has 0 bridgehead atoms. The van der Waals surface area contributed by atoms with Gasteiger partial charge in [0.25, 0.3) is 5.56 Å². The van der Waals surface area contributed by atoms with E-state index in [-0.39, 0.29) is 19.3 Å². The summed E-state index contributed by atoms with van der Waals surface area (Å²) in [5.74, 6) is 0. The lowest BCUT2D eigenvalue weighted by Gasteiger charge is -2.11. The number of aromatic amines is 1. The standard InChI is InChI=1S/C28H51N2O6P/c1-2-3-4-5-6-7-8-9-10-11-12-13-14-17-23-35-24-19-25-36-37(33,34)26-18-15-16-21-30-22-20-27(31)29-28(30)32/h15-16,20,22H,2-14,17-19,21,23-26H2,1H3,(H,33,34)(H,29,31,32)/b16-15-. The number of nitrogens with one attached hydrogen (secondary N) is 1. The average Bonchev–Trinajstić information content (AvgIpc) is 2.86. The van der Waals surface area contributed by atoms with Crippen LogP contribution in [-0.4, -0.2) is 40.4 Å². The number of aromatic nitrogens is 2. The monoisotopic (exact) mass is 542 g/mol. The predicted octanol–water partition coefficient (Wildman–Crippen LogP) is 6.57. The Morgan fingerprint density at radius 1 is 0.838 bits per heavy atom. The molecule has 37 heavy (non-hydrogen) atoms. The highest BCUT2D eigenvalue weighted by Gasteiger charge is 2.17. The van der Waals surface area contributed by atoms with E-state index in [0.29, 0.717) is 19.4 Å². The van der Waals surface area contributed by atoms with E-state index < -0.39 is 18.8 Å². The summed E-state index contributed by atoms with van der Waals surface area (Å²) in [7, 11) is -3.64. The first-order valence-electron chi connectivity index (χ1n) is 14.4. The van der Waals surface area contributed by atoms with E-state index in [1.807, 2.05) is 0 Å². The molecule has 1 heterocycles. The van der Waals surface area contributed by atoms with Gasteiger partial charge in [0.2, 0.25) is 0 Å². The Bertz CT molecular complexity index is 867. The third kappa shape index (κ3) is 20.2. The maximum Gasteiger partial charge on any atom is 0.328 e. The number of hydrogen-bond donors (Lipinski definition) is 2. The second-order valence-electron chi connectivity index (χ2n) is 9.78. The minimum absolute atomic E-state index is 0.0178. The average molecular weight is 543 g/mol. The van der Waals surface area contributed by atoms with Crippen molar-refractivity contribution in [3.05, 3.63) is 45.3 Å². The molecule has 0 radical (unpaired) electrons. The Labute approximate surface area is 223 Å². The highest BCUT2D eigenvalue weighted by molar-refractivity contribution is 7.52. The first-order chi connectivity index (χ1) is 17.9. The van der Waals surface area contributed by atoms with Crippen LogP contribution in [0.5, 0.6) is 0 Å². The summed E-state index contributed by atoms with van der Waals surface area (Å²) < 4.78 is 24.2. The molecular formula is C28H51N2O6P. The fourth-order valence-corrected chi connectivity index (χ4v) is 5.08. The summed E-state index contributed by atoms with van der Waals surface area (Å²) in [4.78, 5) is 34.7. The Morgan fingerprint density at radius 2 is 1.41 bits per heavy atom. The van der Waals surface area contributed by atoms with Gasteiger partial charge in [-0.05, 0) is 19.3 Å². The summed E-state index contributed by atoms with van der Waals surface area (Å²) in [5.41, 5.74) is -0.927. The lowest BCUT2D eigenvalue weighted by molar-refractivity contribution is 0.113. The van der Waals surface area contributed by atoms with Crippen molar-refractivity contribution >= 4 is 7.60 Å². The summed E-state index contributed by atoms with van der Waals surface area (Å²) >= 11 is 0. The van der Waals surface area contributed by atoms with Gasteiger partial charge in [0.05, 0.1) is 12.8 Å². The van der Waals surface area contributed by atoms with Crippen molar-refractivity contribution in [2.75, 3.05) is 26.0 Å². The van der Waals surface area contributed by atoms with Crippen LogP contribution in [0.1, 0.15) is 110 Å². The highest BCUT2D eigenvalue weighted by atomic mass is 31.2. The molecule has 0 aliphatic rings.